The van der Waals surface area contributed by atoms with E-state index < -0.39 is 0 Å². The van der Waals surface area contributed by atoms with Gasteiger partial charge in [-0.15, -0.1) is 0 Å². The summed E-state index contributed by atoms with van der Waals surface area (Å²) in [6.07, 6.45) is 10.2. The maximum Gasteiger partial charge on any atom is 0.234 e. The van der Waals surface area contributed by atoms with Gasteiger partial charge in [0.15, 0.2) is 0 Å². The molecule has 0 aromatic rings. The number of likely N-dealkylation sites (N-methyl/N-ethyl adjacent to an activating group) is 1. The van der Waals surface area contributed by atoms with Gasteiger partial charge in [-0.3, -0.25) is 14.5 Å². The second-order valence-corrected chi connectivity index (χ2v) is 5.98. The van der Waals surface area contributed by atoms with Crippen LogP contribution >= 0.6 is 0 Å². The molecule has 2 aliphatic carbocycles. The summed E-state index contributed by atoms with van der Waals surface area (Å²) in [6, 6.07) is 0.376. The fourth-order valence-corrected chi connectivity index (χ4v) is 3.24. The summed E-state index contributed by atoms with van der Waals surface area (Å²) in [6.45, 7) is 0.399. The molecule has 2 atom stereocenters. The van der Waals surface area contributed by atoms with E-state index in [1.165, 1.54) is 25.7 Å². The molecule has 5 heteroatoms. The third kappa shape index (κ3) is 3.82. The van der Waals surface area contributed by atoms with Crippen LogP contribution in [0.4, 0.5) is 0 Å². The summed E-state index contributed by atoms with van der Waals surface area (Å²) in [5, 5.41) is 2.97. The first-order valence-corrected chi connectivity index (χ1v) is 7.52. The number of allylic oxidation sites excluding steroid dienone is 1. The minimum Gasteiger partial charge on any atom is -0.369 e. The number of nitrogens with one attached hydrogen (secondary N) is 1. The van der Waals surface area contributed by atoms with Gasteiger partial charge in [0.1, 0.15) is 0 Å². The van der Waals surface area contributed by atoms with Gasteiger partial charge in [-0.1, -0.05) is 25.0 Å². The number of hydrogen-bond donors (Lipinski definition) is 2. The van der Waals surface area contributed by atoms with E-state index in [-0.39, 0.29) is 23.8 Å². The molecule has 0 aliphatic heterocycles. The molecule has 0 bridgehead atoms. The molecule has 0 spiro atoms. The average molecular weight is 279 g/mol. The molecule has 2 amide bonds. The molecule has 20 heavy (non-hydrogen) atoms. The van der Waals surface area contributed by atoms with Crippen molar-refractivity contribution in [3.63, 3.8) is 0 Å². The van der Waals surface area contributed by atoms with Gasteiger partial charge < -0.3 is 11.1 Å². The zero-order chi connectivity index (χ0) is 14.5. The molecule has 0 radical (unpaired) electrons. The van der Waals surface area contributed by atoms with Crippen LogP contribution in [-0.2, 0) is 9.59 Å². The van der Waals surface area contributed by atoms with Crippen molar-refractivity contribution in [3.05, 3.63) is 12.2 Å². The van der Waals surface area contributed by atoms with Gasteiger partial charge in [-0.25, -0.2) is 0 Å². The zero-order valence-electron chi connectivity index (χ0n) is 12.2. The minimum atomic E-state index is -0.330. The number of hydrogen-bond acceptors (Lipinski definition) is 3. The Bertz CT molecular complexity index is 389. The van der Waals surface area contributed by atoms with Crippen molar-refractivity contribution in [1.82, 2.24) is 10.2 Å². The maximum atomic E-state index is 12.1. The first-order chi connectivity index (χ1) is 9.58. The summed E-state index contributed by atoms with van der Waals surface area (Å²) < 4.78 is 0. The second kappa shape index (κ2) is 6.88. The minimum absolute atomic E-state index is 0.00838. The van der Waals surface area contributed by atoms with Crippen LogP contribution in [0.2, 0.25) is 0 Å². The fourth-order valence-electron chi connectivity index (χ4n) is 3.24. The standard InChI is InChI=1S/C15H25N3O2/c1-18(11-6-2-3-7-11)10-14(19)17-13-9-5-4-8-12(13)15(16)20/h4-5,11-13H,2-3,6-10H2,1H3,(H2,16,20)(H,17,19)/t12-,13-/m1/s1. The lowest BCUT2D eigenvalue weighted by atomic mass is 9.88. The van der Waals surface area contributed by atoms with E-state index in [0.717, 1.165) is 0 Å². The number of rotatable bonds is 5. The second-order valence-electron chi connectivity index (χ2n) is 5.98. The summed E-state index contributed by atoms with van der Waals surface area (Å²) in [4.78, 5) is 25.6. The van der Waals surface area contributed by atoms with E-state index in [1.807, 2.05) is 19.2 Å². The van der Waals surface area contributed by atoms with Gasteiger partial charge in [0.25, 0.3) is 0 Å². The Morgan fingerprint density at radius 1 is 1.25 bits per heavy atom. The summed E-state index contributed by atoms with van der Waals surface area (Å²) in [5.74, 6) is -0.615. The van der Waals surface area contributed by atoms with Crippen molar-refractivity contribution < 1.29 is 9.59 Å². The number of carbonyl (C=O) groups is 2. The first-order valence-electron chi connectivity index (χ1n) is 7.52. The molecule has 0 unspecified atom stereocenters. The molecule has 1 saturated carbocycles. The predicted molar refractivity (Wildman–Crippen MR) is 77.9 cm³/mol. The number of carbonyl (C=O) groups excluding carboxylic acids is 2. The largest absolute Gasteiger partial charge is 0.369 e. The molecule has 5 nitrogen and oxygen atoms in total. The molecule has 1 fully saturated rings. The van der Waals surface area contributed by atoms with Crippen LogP contribution in [0.1, 0.15) is 38.5 Å². The van der Waals surface area contributed by atoms with Gasteiger partial charge in [-0.05, 0) is 32.7 Å². The lowest BCUT2D eigenvalue weighted by Crippen LogP contribution is -2.49. The van der Waals surface area contributed by atoms with Gasteiger partial charge in [0.05, 0.1) is 12.5 Å². The van der Waals surface area contributed by atoms with Crippen LogP contribution in [0.3, 0.4) is 0 Å². The van der Waals surface area contributed by atoms with Crippen LogP contribution in [0.5, 0.6) is 0 Å². The predicted octanol–water partition coefficient (Wildman–Crippen LogP) is 0.797. The highest BCUT2D eigenvalue weighted by Gasteiger charge is 2.29. The summed E-state index contributed by atoms with van der Waals surface area (Å²) in [7, 11) is 2.00. The van der Waals surface area contributed by atoms with Crippen molar-refractivity contribution in [1.29, 1.82) is 0 Å². The average Bonchev–Trinajstić information content (AvgIpc) is 2.92. The van der Waals surface area contributed by atoms with Crippen LogP contribution < -0.4 is 11.1 Å². The topological polar surface area (TPSA) is 75.4 Å². The van der Waals surface area contributed by atoms with Crippen molar-refractivity contribution in [2.24, 2.45) is 11.7 Å². The fraction of sp³-hybridized carbons (Fsp3) is 0.733. The van der Waals surface area contributed by atoms with Crippen LogP contribution in [0, 0.1) is 5.92 Å². The van der Waals surface area contributed by atoms with Crippen molar-refractivity contribution in [2.75, 3.05) is 13.6 Å². The Balaban J connectivity index is 1.83. The molecule has 0 heterocycles. The lowest BCUT2D eigenvalue weighted by molar-refractivity contribution is -0.125. The Labute approximate surface area is 120 Å². The quantitative estimate of drug-likeness (QED) is 0.731. The molecule has 2 aliphatic rings. The van der Waals surface area contributed by atoms with Crippen LogP contribution in [0.25, 0.3) is 0 Å². The van der Waals surface area contributed by atoms with Gasteiger partial charge in [-0.2, -0.15) is 0 Å². The number of nitrogens with two attached hydrogens (primary N) is 1. The van der Waals surface area contributed by atoms with Gasteiger partial charge in [0.2, 0.25) is 11.8 Å². The van der Waals surface area contributed by atoms with Crippen molar-refractivity contribution in [3.8, 4) is 0 Å². The molecule has 0 aromatic heterocycles. The third-order valence-electron chi connectivity index (χ3n) is 4.49. The Morgan fingerprint density at radius 2 is 1.90 bits per heavy atom. The highest BCUT2D eigenvalue weighted by atomic mass is 16.2. The highest BCUT2D eigenvalue weighted by Crippen LogP contribution is 2.22. The number of primary amides is 1. The molecular weight excluding hydrogens is 254 g/mol. The van der Waals surface area contributed by atoms with Crippen molar-refractivity contribution in [2.45, 2.75) is 50.6 Å². The van der Waals surface area contributed by atoms with E-state index in [4.69, 9.17) is 5.73 Å². The van der Waals surface area contributed by atoms with Gasteiger partial charge >= 0.3 is 0 Å². The molecule has 3 N–H and O–H groups in total. The molecule has 0 aromatic carbocycles. The Hall–Kier alpha value is -1.36. The molecule has 2 rings (SSSR count). The first kappa shape index (κ1) is 15.0. The normalized spacial score (nSPS) is 26.9. The zero-order valence-corrected chi connectivity index (χ0v) is 12.2. The SMILES string of the molecule is CN(CC(=O)N[C@@H]1CC=CC[C@H]1C(N)=O)C1CCCC1. The van der Waals surface area contributed by atoms with E-state index in [9.17, 15) is 9.59 Å². The van der Waals surface area contributed by atoms with E-state index in [1.54, 1.807) is 0 Å². The van der Waals surface area contributed by atoms with E-state index in [0.29, 0.717) is 25.4 Å². The van der Waals surface area contributed by atoms with Gasteiger partial charge in [0, 0.05) is 12.1 Å². The molecule has 0 saturated heterocycles. The summed E-state index contributed by atoms with van der Waals surface area (Å²) >= 11 is 0. The smallest absolute Gasteiger partial charge is 0.234 e. The maximum absolute atomic E-state index is 12.1. The number of amides is 2. The number of nitrogens with zero attached hydrogens (tertiary/aromatic N) is 1. The highest BCUT2D eigenvalue weighted by molar-refractivity contribution is 5.81. The van der Waals surface area contributed by atoms with E-state index in [2.05, 4.69) is 10.2 Å². The van der Waals surface area contributed by atoms with Crippen LogP contribution in [-0.4, -0.2) is 42.4 Å². The van der Waals surface area contributed by atoms with E-state index >= 15 is 0 Å². The molecular formula is C15H25N3O2. The molecule has 112 valence electrons. The van der Waals surface area contributed by atoms with Crippen LogP contribution in [0.15, 0.2) is 12.2 Å². The summed E-state index contributed by atoms with van der Waals surface area (Å²) in [5.41, 5.74) is 5.40. The third-order valence-corrected chi connectivity index (χ3v) is 4.49. The lowest BCUT2D eigenvalue weighted by Gasteiger charge is -2.29. The van der Waals surface area contributed by atoms with Crippen molar-refractivity contribution >= 4 is 11.8 Å². The monoisotopic (exact) mass is 279 g/mol. The Kier molecular flexibility index (Phi) is 5.17. The Morgan fingerprint density at radius 3 is 2.55 bits per heavy atom.